The predicted molar refractivity (Wildman–Crippen MR) is 158 cm³/mol. The third kappa shape index (κ3) is 8.44. The van der Waals surface area contributed by atoms with Crippen molar-refractivity contribution in [2.75, 3.05) is 17.2 Å². The Balaban J connectivity index is 1.37. The molecule has 3 aromatic carbocycles. The molecule has 11 heteroatoms. The standard InChI is InChI=1S/C29H29F3N6OS/c1-20(2)17-23-5-3-4-6-26(23)38-15-16-40-28(38)37-36-18-21-7-9-22(10-8-21)27(33)35-19-34-24-11-13-25(14-12-24)39-29(30,31)32/h3-14,18-20H,15-17H2,1-2H3,(H2,33,34,35)/b36-18-,37-28+. The van der Waals surface area contributed by atoms with Gasteiger partial charge in [0.25, 0.3) is 0 Å². The second-order valence-corrected chi connectivity index (χ2v) is 10.3. The summed E-state index contributed by atoms with van der Waals surface area (Å²) in [6.07, 6.45) is -0.805. The van der Waals surface area contributed by atoms with Gasteiger partial charge >= 0.3 is 6.36 Å². The molecule has 208 valence electrons. The molecule has 0 spiro atoms. The van der Waals surface area contributed by atoms with Gasteiger partial charge in [-0.2, -0.15) is 5.10 Å². The molecule has 3 aromatic rings. The van der Waals surface area contributed by atoms with E-state index < -0.39 is 6.36 Å². The Hall–Kier alpha value is -4.12. The number of aliphatic imine (C=N–C) groups is 2. The van der Waals surface area contributed by atoms with Gasteiger partial charge in [-0.05, 0) is 53.8 Å². The van der Waals surface area contributed by atoms with Crippen molar-refractivity contribution in [2.45, 2.75) is 26.6 Å². The monoisotopic (exact) mass is 566 g/mol. The minimum absolute atomic E-state index is 0.238. The van der Waals surface area contributed by atoms with Crippen molar-refractivity contribution >= 4 is 46.7 Å². The van der Waals surface area contributed by atoms with Crippen LogP contribution in [0.15, 0.2) is 93.0 Å². The highest BCUT2D eigenvalue weighted by molar-refractivity contribution is 8.14. The van der Waals surface area contributed by atoms with Crippen LogP contribution in [0.2, 0.25) is 0 Å². The van der Waals surface area contributed by atoms with E-state index >= 15 is 0 Å². The highest BCUT2D eigenvalue weighted by atomic mass is 32.2. The summed E-state index contributed by atoms with van der Waals surface area (Å²) in [7, 11) is 0. The first kappa shape index (κ1) is 28.9. The maximum absolute atomic E-state index is 12.3. The first-order valence-corrected chi connectivity index (χ1v) is 13.6. The van der Waals surface area contributed by atoms with Gasteiger partial charge in [0.1, 0.15) is 17.9 Å². The van der Waals surface area contributed by atoms with Gasteiger partial charge in [0.05, 0.1) is 11.9 Å². The second kappa shape index (κ2) is 13.3. The molecular weight excluding hydrogens is 537 g/mol. The quantitative estimate of drug-likeness (QED) is 0.175. The van der Waals surface area contributed by atoms with Crippen LogP contribution in [0, 0.1) is 5.92 Å². The molecular formula is C29H29F3N6OS. The molecule has 1 fully saturated rings. The van der Waals surface area contributed by atoms with Crippen LogP contribution in [-0.2, 0) is 6.42 Å². The molecule has 2 N–H and O–H groups in total. The molecule has 0 amide bonds. The Labute approximate surface area is 235 Å². The molecule has 0 bridgehead atoms. The predicted octanol–water partition coefficient (Wildman–Crippen LogP) is 6.79. The van der Waals surface area contributed by atoms with Crippen LogP contribution in [-0.4, -0.2) is 42.2 Å². The highest BCUT2D eigenvalue weighted by Gasteiger charge is 2.31. The number of hydrogen-bond acceptors (Lipinski definition) is 5. The number of rotatable bonds is 9. The Morgan fingerprint density at radius 2 is 1.77 bits per heavy atom. The van der Waals surface area contributed by atoms with Crippen LogP contribution in [0.1, 0.15) is 30.5 Å². The van der Waals surface area contributed by atoms with Gasteiger partial charge in [-0.1, -0.05) is 68.1 Å². The third-order valence-corrected chi connectivity index (χ3v) is 6.66. The lowest BCUT2D eigenvalue weighted by Gasteiger charge is -2.21. The van der Waals surface area contributed by atoms with Crippen LogP contribution in [0.25, 0.3) is 0 Å². The summed E-state index contributed by atoms with van der Waals surface area (Å²) in [5, 5.41) is 9.69. The fourth-order valence-corrected chi connectivity index (χ4v) is 4.85. The van der Waals surface area contributed by atoms with Crippen LogP contribution >= 0.6 is 11.8 Å². The Morgan fingerprint density at radius 3 is 2.48 bits per heavy atom. The van der Waals surface area contributed by atoms with E-state index in [1.165, 1.54) is 41.9 Å². The Bertz CT molecular complexity index is 1400. The molecule has 0 aliphatic carbocycles. The normalized spacial score (nSPS) is 15.7. The van der Waals surface area contributed by atoms with E-state index in [9.17, 15) is 13.2 Å². The first-order valence-electron chi connectivity index (χ1n) is 12.6. The second-order valence-electron chi connectivity index (χ2n) is 9.28. The molecule has 0 unspecified atom stereocenters. The number of ether oxygens (including phenoxy) is 1. The third-order valence-electron chi connectivity index (χ3n) is 5.72. The van der Waals surface area contributed by atoms with Crippen molar-refractivity contribution in [1.29, 1.82) is 0 Å². The Morgan fingerprint density at radius 1 is 1.05 bits per heavy atom. The number of nitrogens with two attached hydrogens (primary N) is 1. The minimum Gasteiger partial charge on any atom is -0.406 e. The van der Waals surface area contributed by atoms with Crippen molar-refractivity contribution in [3.63, 3.8) is 0 Å². The average molecular weight is 567 g/mol. The van der Waals surface area contributed by atoms with Gasteiger partial charge in [-0.3, -0.25) is 0 Å². The smallest absolute Gasteiger partial charge is 0.406 e. The van der Waals surface area contributed by atoms with E-state index in [0.717, 1.165) is 29.4 Å². The zero-order valence-electron chi connectivity index (χ0n) is 22.0. The Kier molecular flexibility index (Phi) is 9.60. The summed E-state index contributed by atoms with van der Waals surface area (Å²) in [4.78, 5) is 10.4. The van der Waals surface area contributed by atoms with Crippen molar-refractivity contribution in [3.05, 3.63) is 89.5 Å². The number of nitrogens with zero attached hydrogens (tertiary/aromatic N) is 5. The van der Waals surface area contributed by atoms with Crippen LogP contribution in [0.4, 0.5) is 24.5 Å². The topological polar surface area (TPSA) is 87.9 Å². The molecule has 0 aromatic heterocycles. The highest BCUT2D eigenvalue weighted by Crippen LogP contribution is 2.30. The van der Waals surface area contributed by atoms with Gasteiger partial charge in [0.15, 0.2) is 5.17 Å². The van der Waals surface area contributed by atoms with E-state index in [0.29, 0.717) is 17.2 Å². The van der Waals surface area contributed by atoms with Crippen molar-refractivity contribution in [3.8, 4) is 5.75 Å². The molecule has 0 radical (unpaired) electrons. The molecule has 1 aliphatic rings. The largest absolute Gasteiger partial charge is 0.573 e. The molecule has 0 atom stereocenters. The lowest BCUT2D eigenvalue weighted by molar-refractivity contribution is -0.274. The maximum atomic E-state index is 12.3. The number of anilines is 1. The average Bonchev–Trinajstić information content (AvgIpc) is 3.37. The summed E-state index contributed by atoms with van der Waals surface area (Å²) in [6, 6.07) is 20.9. The van der Waals surface area contributed by atoms with Crippen molar-refractivity contribution in [2.24, 2.45) is 31.8 Å². The summed E-state index contributed by atoms with van der Waals surface area (Å²) in [6.45, 7) is 5.33. The fourth-order valence-electron chi connectivity index (χ4n) is 3.95. The first-order chi connectivity index (χ1) is 19.2. The molecule has 7 nitrogen and oxygen atoms in total. The van der Waals surface area contributed by atoms with Crippen molar-refractivity contribution in [1.82, 2.24) is 0 Å². The minimum atomic E-state index is -4.74. The van der Waals surface area contributed by atoms with Crippen LogP contribution < -0.4 is 15.4 Å². The maximum Gasteiger partial charge on any atom is 0.573 e. The van der Waals surface area contributed by atoms with Crippen LogP contribution in [0.5, 0.6) is 5.75 Å². The summed E-state index contributed by atoms with van der Waals surface area (Å²) >= 11 is 1.69. The van der Waals surface area contributed by atoms with Gasteiger partial charge < -0.3 is 15.4 Å². The number of hydrogen-bond donors (Lipinski definition) is 1. The fraction of sp³-hybridized carbons (Fsp3) is 0.241. The molecule has 4 rings (SSSR count). The summed E-state index contributed by atoms with van der Waals surface area (Å²) < 4.78 is 40.6. The number of halogens is 3. The van der Waals surface area contributed by atoms with Gasteiger partial charge in [0.2, 0.25) is 0 Å². The lowest BCUT2D eigenvalue weighted by atomic mass is 10.0. The number of amidine groups is 2. The number of thioether (sulfide) groups is 1. The number of benzene rings is 3. The lowest BCUT2D eigenvalue weighted by Crippen LogP contribution is -2.25. The SMILES string of the molecule is CC(C)Cc1ccccc1N1CCS/C1=N/N=C\c1ccc(C(N)=NC=Nc2ccc(OC(F)(F)F)cc2)cc1. The molecule has 40 heavy (non-hydrogen) atoms. The van der Waals surface area contributed by atoms with Crippen LogP contribution in [0.3, 0.4) is 0 Å². The van der Waals surface area contributed by atoms with Crippen molar-refractivity contribution < 1.29 is 17.9 Å². The van der Waals surface area contributed by atoms with Gasteiger partial charge in [-0.15, -0.1) is 18.3 Å². The zero-order valence-corrected chi connectivity index (χ0v) is 22.9. The van der Waals surface area contributed by atoms with E-state index in [-0.39, 0.29) is 11.6 Å². The molecule has 1 aliphatic heterocycles. The summed E-state index contributed by atoms with van der Waals surface area (Å²) in [5.41, 5.74) is 10.5. The molecule has 1 saturated heterocycles. The zero-order chi connectivity index (χ0) is 28.5. The summed E-state index contributed by atoms with van der Waals surface area (Å²) in [5.74, 6) is 1.43. The van der Waals surface area contributed by atoms with Gasteiger partial charge in [0, 0.05) is 23.5 Å². The van der Waals surface area contributed by atoms with E-state index in [4.69, 9.17) is 5.73 Å². The van der Waals surface area contributed by atoms with E-state index in [1.807, 2.05) is 24.3 Å². The van der Waals surface area contributed by atoms with E-state index in [1.54, 1.807) is 18.0 Å². The van der Waals surface area contributed by atoms with Gasteiger partial charge in [-0.25, -0.2) is 9.98 Å². The molecule has 0 saturated carbocycles. The molecule has 1 heterocycles. The number of para-hydroxylation sites is 1. The number of alkyl halides is 3. The van der Waals surface area contributed by atoms with E-state index in [2.05, 4.69) is 67.9 Å².